The third-order valence-corrected chi connectivity index (χ3v) is 3.29. The zero-order valence-corrected chi connectivity index (χ0v) is 11.1. The van der Waals surface area contributed by atoms with Gasteiger partial charge in [0.15, 0.2) is 6.33 Å². The maximum Gasteiger partial charge on any atom is 0.317 e. The Hall–Kier alpha value is -2.12. The predicted molar refractivity (Wildman–Crippen MR) is 68.0 cm³/mol. The van der Waals surface area contributed by atoms with Crippen LogP contribution in [-0.2, 0) is 11.2 Å². The molecule has 1 aliphatic rings. The third-order valence-electron chi connectivity index (χ3n) is 3.29. The normalized spacial score (nSPS) is 18.8. The molecule has 1 aromatic heterocycles. The van der Waals surface area contributed by atoms with Crippen molar-refractivity contribution < 1.29 is 19.2 Å². The maximum atomic E-state index is 12.0. The van der Waals surface area contributed by atoms with Gasteiger partial charge < -0.3 is 19.8 Å². The minimum Gasteiger partial charge on any atom is -0.481 e. The SMILES string of the molecule is O=C(O)CC1CCCN(C(=O)NCCc2ncno2)C1. The molecule has 2 amide bonds. The Bertz CT molecular complexity index is 448. The molecule has 0 bridgehead atoms. The van der Waals surface area contributed by atoms with Crippen molar-refractivity contribution in [1.29, 1.82) is 0 Å². The quantitative estimate of drug-likeness (QED) is 0.814. The molecule has 8 nitrogen and oxygen atoms in total. The topological polar surface area (TPSA) is 109 Å². The van der Waals surface area contributed by atoms with Gasteiger partial charge in [0.05, 0.1) is 0 Å². The monoisotopic (exact) mass is 282 g/mol. The van der Waals surface area contributed by atoms with Crippen LogP contribution >= 0.6 is 0 Å². The number of piperidine rings is 1. The highest BCUT2D eigenvalue weighted by Crippen LogP contribution is 2.19. The van der Waals surface area contributed by atoms with E-state index in [-0.39, 0.29) is 18.4 Å². The number of nitrogens with zero attached hydrogens (tertiary/aromatic N) is 3. The van der Waals surface area contributed by atoms with Crippen molar-refractivity contribution in [2.75, 3.05) is 19.6 Å². The molecule has 20 heavy (non-hydrogen) atoms. The van der Waals surface area contributed by atoms with Gasteiger partial charge in [0.2, 0.25) is 5.89 Å². The summed E-state index contributed by atoms with van der Waals surface area (Å²) < 4.78 is 4.83. The van der Waals surface area contributed by atoms with Gasteiger partial charge in [-0.15, -0.1) is 0 Å². The molecule has 1 atom stereocenters. The molecule has 0 radical (unpaired) electrons. The first-order valence-electron chi connectivity index (χ1n) is 6.65. The molecular formula is C12H18N4O4. The van der Waals surface area contributed by atoms with E-state index in [2.05, 4.69) is 15.5 Å². The summed E-state index contributed by atoms with van der Waals surface area (Å²) in [6, 6.07) is -0.167. The summed E-state index contributed by atoms with van der Waals surface area (Å²) in [5.74, 6) is -0.288. The van der Waals surface area contributed by atoms with Crippen molar-refractivity contribution in [2.24, 2.45) is 5.92 Å². The first-order valence-corrected chi connectivity index (χ1v) is 6.65. The largest absolute Gasteiger partial charge is 0.481 e. The number of aromatic nitrogens is 2. The van der Waals surface area contributed by atoms with Gasteiger partial charge in [0.1, 0.15) is 0 Å². The summed E-state index contributed by atoms with van der Waals surface area (Å²) in [6.45, 7) is 1.59. The van der Waals surface area contributed by atoms with Crippen molar-refractivity contribution in [2.45, 2.75) is 25.7 Å². The number of carbonyl (C=O) groups is 2. The van der Waals surface area contributed by atoms with Gasteiger partial charge in [0.25, 0.3) is 0 Å². The minimum absolute atomic E-state index is 0.0444. The van der Waals surface area contributed by atoms with Gasteiger partial charge >= 0.3 is 12.0 Å². The van der Waals surface area contributed by atoms with Gasteiger partial charge in [-0.3, -0.25) is 4.79 Å². The molecule has 1 aliphatic heterocycles. The fraction of sp³-hybridized carbons (Fsp3) is 0.667. The van der Waals surface area contributed by atoms with E-state index in [9.17, 15) is 9.59 Å². The summed E-state index contributed by atoms with van der Waals surface area (Å²) in [5.41, 5.74) is 0. The summed E-state index contributed by atoms with van der Waals surface area (Å²) >= 11 is 0. The van der Waals surface area contributed by atoms with Crippen LogP contribution in [0.4, 0.5) is 4.79 Å². The van der Waals surface area contributed by atoms with Crippen LogP contribution in [0.3, 0.4) is 0 Å². The lowest BCUT2D eigenvalue weighted by Crippen LogP contribution is -2.46. The average Bonchev–Trinajstić information content (AvgIpc) is 2.91. The zero-order valence-electron chi connectivity index (χ0n) is 11.1. The number of hydrogen-bond donors (Lipinski definition) is 2. The Labute approximate surface area is 116 Å². The van der Waals surface area contributed by atoms with E-state index in [1.807, 2.05) is 0 Å². The maximum absolute atomic E-state index is 12.0. The van der Waals surface area contributed by atoms with Crippen molar-refractivity contribution in [1.82, 2.24) is 20.4 Å². The number of hydrogen-bond acceptors (Lipinski definition) is 5. The molecule has 110 valence electrons. The van der Waals surface area contributed by atoms with E-state index in [0.717, 1.165) is 12.8 Å². The van der Waals surface area contributed by atoms with Gasteiger partial charge in [-0.1, -0.05) is 5.16 Å². The van der Waals surface area contributed by atoms with Crippen LogP contribution < -0.4 is 5.32 Å². The van der Waals surface area contributed by atoms with E-state index in [1.165, 1.54) is 6.33 Å². The lowest BCUT2D eigenvalue weighted by molar-refractivity contribution is -0.138. The van der Waals surface area contributed by atoms with Gasteiger partial charge in [0, 0.05) is 32.5 Å². The summed E-state index contributed by atoms with van der Waals surface area (Å²) in [4.78, 5) is 28.2. The number of carbonyl (C=O) groups excluding carboxylic acids is 1. The number of nitrogens with one attached hydrogen (secondary N) is 1. The highest BCUT2D eigenvalue weighted by atomic mass is 16.5. The van der Waals surface area contributed by atoms with Gasteiger partial charge in [-0.25, -0.2) is 4.79 Å². The number of carboxylic acids is 1. The number of carboxylic acid groups (broad SMARTS) is 1. The fourth-order valence-electron chi connectivity index (χ4n) is 2.36. The standard InChI is InChI=1S/C12H18N4O4/c17-11(18)6-9-2-1-5-16(7-9)12(19)13-4-3-10-14-8-15-20-10/h8-9H,1-7H2,(H,13,19)(H,17,18). The number of likely N-dealkylation sites (tertiary alicyclic amines) is 1. The summed E-state index contributed by atoms with van der Waals surface area (Å²) in [5, 5.41) is 15.1. The molecule has 1 unspecified atom stereocenters. The Morgan fingerprint density at radius 3 is 3.10 bits per heavy atom. The molecule has 0 aromatic carbocycles. The molecule has 2 heterocycles. The molecular weight excluding hydrogens is 264 g/mol. The van der Waals surface area contributed by atoms with Crippen molar-refractivity contribution >= 4 is 12.0 Å². The van der Waals surface area contributed by atoms with Crippen LogP contribution in [0.25, 0.3) is 0 Å². The van der Waals surface area contributed by atoms with Crippen LogP contribution in [-0.4, -0.2) is 51.8 Å². The van der Waals surface area contributed by atoms with Crippen molar-refractivity contribution in [3.05, 3.63) is 12.2 Å². The van der Waals surface area contributed by atoms with E-state index in [0.29, 0.717) is 31.9 Å². The number of aliphatic carboxylic acids is 1. The Balaban J connectivity index is 1.72. The Morgan fingerprint density at radius 1 is 1.55 bits per heavy atom. The molecule has 0 aliphatic carbocycles. The zero-order chi connectivity index (χ0) is 14.4. The molecule has 1 saturated heterocycles. The summed E-state index contributed by atoms with van der Waals surface area (Å²) in [6.07, 6.45) is 3.62. The van der Waals surface area contributed by atoms with Crippen molar-refractivity contribution in [3.63, 3.8) is 0 Å². The summed E-state index contributed by atoms with van der Waals surface area (Å²) in [7, 11) is 0. The highest BCUT2D eigenvalue weighted by Gasteiger charge is 2.24. The fourth-order valence-corrected chi connectivity index (χ4v) is 2.36. The van der Waals surface area contributed by atoms with Gasteiger partial charge in [-0.2, -0.15) is 4.98 Å². The second-order valence-corrected chi connectivity index (χ2v) is 4.87. The highest BCUT2D eigenvalue weighted by molar-refractivity contribution is 5.74. The molecule has 1 fully saturated rings. The van der Waals surface area contributed by atoms with Crippen LogP contribution in [0.5, 0.6) is 0 Å². The molecule has 2 rings (SSSR count). The second-order valence-electron chi connectivity index (χ2n) is 4.87. The first-order chi connectivity index (χ1) is 9.65. The first kappa shape index (κ1) is 14.3. The van der Waals surface area contributed by atoms with Crippen LogP contribution in [0.1, 0.15) is 25.2 Å². The van der Waals surface area contributed by atoms with E-state index >= 15 is 0 Å². The second kappa shape index (κ2) is 6.88. The lowest BCUT2D eigenvalue weighted by Gasteiger charge is -2.32. The molecule has 0 spiro atoms. The number of urea groups is 1. The average molecular weight is 282 g/mol. The molecule has 0 saturated carbocycles. The Kier molecular flexibility index (Phi) is 4.91. The Morgan fingerprint density at radius 2 is 2.40 bits per heavy atom. The van der Waals surface area contributed by atoms with E-state index in [4.69, 9.17) is 9.63 Å². The molecule has 1 aromatic rings. The van der Waals surface area contributed by atoms with Gasteiger partial charge in [-0.05, 0) is 18.8 Å². The molecule has 2 N–H and O–H groups in total. The number of amides is 2. The van der Waals surface area contributed by atoms with E-state index < -0.39 is 5.97 Å². The van der Waals surface area contributed by atoms with Crippen molar-refractivity contribution in [3.8, 4) is 0 Å². The predicted octanol–water partition coefficient (Wildman–Crippen LogP) is 0.508. The number of rotatable bonds is 5. The van der Waals surface area contributed by atoms with Crippen LogP contribution in [0.15, 0.2) is 10.9 Å². The third kappa shape index (κ3) is 4.22. The molecule has 8 heteroatoms. The lowest BCUT2D eigenvalue weighted by atomic mass is 9.95. The minimum atomic E-state index is -0.811. The van der Waals surface area contributed by atoms with Crippen LogP contribution in [0, 0.1) is 5.92 Å². The van der Waals surface area contributed by atoms with E-state index in [1.54, 1.807) is 4.90 Å². The smallest absolute Gasteiger partial charge is 0.317 e. The van der Waals surface area contributed by atoms with Crippen LogP contribution in [0.2, 0.25) is 0 Å².